The molecule has 4 heteroatoms. The number of hydrogen-bond acceptors (Lipinski definition) is 2. The predicted molar refractivity (Wildman–Crippen MR) is 65.9 cm³/mol. The summed E-state index contributed by atoms with van der Waals surface area (Å²) in [5.41, 5.74) is 2.57. The fourth-order valence-electron chi connectivity index (χ4n) is 3.02. The average Bonchev–Trinajstić information content (AvgIpc) is 2.67. The van der Waals surface area contributed by atoms with Gasteiger partial charge in [0.2, 0.25) is 0 Å². The first-order chi connectivity index (χ1) is 8.18. The molecule has 2 aliphatic carbocycles. The van der Waals surface area contributed by atoms with Crippen molar-refractivity contribution in [3.8, 4) is 0 Å². The molecule has 0 spiro atoms. The molecule has 3 aliphatic rings. The molecule has 2 atom stereocenters. The van der Waals surface area contributed by atoms with Crippen LogP contribution in [0.2, 0.25) is 0 Å². The van der Waals surface area contributed by atoms with Crippen molar-refractivity contribution in [3.63, 3.8) is 0 Å². The van der Waals surface area contributed by atoms with Crippen LogP contribution in [0.15, 0.2) is 33.9 Å². The van der Waals surface area contributed by atoms with E-state index < -0.39 is 5.97 Å². The molecular formula is C13H14ClNO2. The molecule has 1 heterocycles. The van der Waals surface area contributed by atoms with E-state index in [0.29, 0.717) is 11.1 Å². The second-order valence-corrected chi connectivity index (χ2v) is 5.15. The van der Waals surface area contributed by atoms with Crippen LogP contribution in [0.5, 0.6) is 0 Å². The highest BCUT2D eigenvalue weighted by Gasteiger charge is 2.37. The summed E-state index contributed by atoms with van der Waals surface area (Å²) >= 11 is 6.25. The molecule has 2 unspecified atom stereocenters. The SMILES string of the molecule is O=C(O)C1=C(Cl)C2=C3CCCCC3NC2C=C1. The highest BCUT2D eigenvalue weighted by molar-refractivity contribution is 6.35. The van der Waals surface area contributed by atoms with Gasteiger partial charge in [-0.1, -0.05) is 24.1 Å². The molecule has 1 aliphatic heterocycles. The lowest BCUT2D eigenvalue weighted by Gasteiger charge is -2.21. The smallest absolute Gasteiger partial charge is 0.337 e. The monoisotopic (exact) mass is 251 g/mol. The third-order valence-electron chi connectivity index (χ3n) is 3.81. The molecular weight excluding hydrogens is 238 g/mol. The lowest BCUT2D eigenvalue weighted by molar-refractivity contribution is -0.132. The molecule has 0 aromatic heterocycles. The van der Waals surface area contributed by atoms with Crippen LogP contribution in [0.1, 0.15) is 25.7 Å². The highest BCUT2D eigenvalue weighted by Crippen LogP contribution is 2.41. The number of carboxylic acid groups (broad SMARTS) is 1. The van der Waals surface area contributed by atoms with Crippen LogP contribution in [0.25, 0.3) is 0 Å². The van der Waals surface area contributed by atoms with E-state index >= 15 is 0 Å². The largest absolute Gasteiger partial charge is 0.478 e. The summed E-state index contributed by atoms with van der Waals surface area (Å²) in [6, 6.07) is 0.513. The molecule has 1 fully saturated rings. The molecule has 0 aromatic carbocycles. The standard InChI is InChI=1S/C13H14ClNO2/c14-12-8(13(16)17)5-6-10-11(12)7-3-1-2-4-9(7)15-10/h5-6,9-10,15H,1-4H2,(H,16,17). The van der Waals surface area contributed by atoms with E-state index in [-0.39, 0.29) is 11.6 Å². The number of rotatable bonds is 1. The van der Waals surface area contributed by atoms with E-state index in [2.05, 4.69) is 5.32 Å². The summed E-state index contributed by atoms with van der Waals surface area (Å²) in [5.74, 6) is -0.947. The predicted octanol–water partition coefficient (Wildman–Crippen LogP) is 2.34. The average molecular weight is 252 g/mol. The number of halogens is 1. The fraction of sp³-hybridized carbons (Fsp3) is 0.462. The lowest BCUT2D eigenvalue weighted by atomic mass is 9.87. The Balaban J connectivity index is 2.08. The normalized spacial score (nSPS) is 31.6. The molecule has 3 nitrogen and oxygen atoms in total. The van der Waals surface area contributed by atoms with E-state index in [4.69, 9.17) is 16.7 Å². The number of nitrogens with one attached hydrogen (secondary N) is 1. The number of fused-ring (bicyclic) bond motifs is 2. The Morgan fingerprint density at radius 3 is 3.06 bits per heavy atom. The number of hydrogen-bond donors (Lipinski definition) is 2. The van der Waals surface area contributed by atoms with Crippen LogP contribution >= 0.6 is 11.6 Å². The molecule has 0 bridgehead atoms. The van der Waals surface area contributed by atoms with Crippen molar-refractivity contribution in [2.75, 3.05) is 0 Å². The molecule has 17 heavy (non-hydrogen) atoms. The highest BCUT2D eigenvalue weighted by atomic mass is 35.5. The van der Waals surface area contributed by atoms with Crippen molar-refractivity contribution in [2.45, 2.75) is 37.8 Å². The Kier molecular flexibility index (Phi) is 2.60. The van der Waals surface area contributed by atoms with Gasteiger partial charge in [0, 0.05) is 6.04 Å². The minimum Gasteiger partial charge on any atom is -0.478 e. The molecule has 1 saturated carbocycles. The first-order valence-electron chi connectivity index (χ1n) is 5.99. The van der Waals surface area contributed by atoms with Gasteiger partial charge in [-0.3, -0.25) is 0 Å². The second kappa shape index (κ2) is 4.00. The fourth-order valence-corrected chi connectivity index (χ4v) is 3.41. The van der Waals surface area contributed by atoms with E-state index in [1.165, 1.54) is 18.4 Å². The lowest BCUT2D eigenvalue weighted by Crippen LogP contribution is -2.33. The summed E-state index contributed by atoms with van der Waals surface area (Å²) in [4.78, 5) is 11.1. The first kappa shape index (κ1) is 11.1. The molecule has 0 radical (unpaired) electrons. The van der Waals surface area contributed by atoms with Crippen LogP contribution < -0.4 is 5.32 Å². The van der Waals surface area contributed by atoms with E-state index in [1.807, 2.05) is 6.08 Å². The van der Waals surface area contributed by atoms with Crippen LogP contribution in [0.3, 0.4) is 0 Å². The van der Waals surface area contributed by atoms with Crippen LogP contribution in [-0.4, -0.2) is 23.2 Å². The zero-order valence-corrected chi connectivity index (χ0v) is 10.1. The Morgan fingerprint density at radius 2 is 2.29 bits per heavy atom. The molecule has 90 valence electrons. The zero-order valence-electron chi connectivity index (χ0n) is 9.37. The minimum atomic E-state index is -0.947. The van der Waals surface area contributed by atoms with Crippen molar-refractivity contribution in [1.82, 2.24) is 5.32 Å². The van der Waals surface area contributed by atoms with Gasteiger partial charge >= 0.3 is 5.97 Å². The molecule has 2 N–H and O–H groups in total. The third kappa shape index (κ3) is 1.65. The minimum absolute atomic E-state index is 0.115. The Bertz CT molecular complexity index is 476. The van der Waals surface area contributed by atoms with Crippen molar-refractivity contribution in [1.29, 1.82) is 0 Å². The van der Waals surface area contributed by atoms with Gasteiger partial charge in [-0.05, 0) is 36.5 Å². The van der Waals surface area contributed by atoms with E-state index in [9.17, 15) is 4.79 Å². The topological polar surface area (TPSA) is 49.3 Å². The van der Waals surface area contributed by atoms with Gasteiger partial charge in [0.1, 0.15) is 0 Å². The van der Waals surface area contributed by atoms with Crippen molar-refractivity contribution in [3.05, 3.63) is 33.9 Å². The number of carbonyl (C=O) groups is 1. The quantitative estimate of drug-likeness (QED) is 0.752. The van der Waals surface area contributed by atoms with Gasteiger partial charge in [0.25, 0.3) is 0 Å². The van der Waals surface area contributed by atoms with Crippen LogP contribution in [-0.2, 0) is 4.79 Å². The molecule has 3 rings (SSSR count). The third-order valence-corrected chi connectivity index (χ3v) is 4.21. The molecule has 0 aromatic rings. The van der Waals surface area contributed by atoms with Gasteiger partial charge in [0.15, 0.2) is 0 Å². The summed E-state index contributed by atoms with van der Waals surface area (Å²) < 4.78 is 0. The maximum atomic E-state index is 11.1. The summed E-state index contributed by atoms with van der Waals surface area (Å²) in [7, 11) is 0. The maximum absolute atomic E-state index is 11.1. The second-order valence-electron chi connectivity index (χ2n) is 4.77. The first-order valence-corrected chi connectivity index (χ1v) is 6.37. The summed E-state index contributed by atoms with van der Waals surface area (Å²) in [6.45, 7) is 0. The summed E-state index contributed by atoms with van der Waals surface area (Å²) in [6.07, 6.45) is 8.12. The summed E-state index contributed by atoms with van der Waals surface area (Å²) in [5, 5.41) is 13.0. The van der Waals surface area contributed by atoms with Gasteiger partial charge in [-0.15, -0.1) is 0 Å². The van der Waals surface area contributed by atoms with Gasteiger partial charge in [0.05, 0.1) is 16.6 Å². The van der Waals surface area contributed by atoms with Crippen molar-refractivity contribution < 1.29 is 9.90 Å². The maximum Gasteiger partial charge on any atom is 0.337 e. The zero-order chi connectivity index (χ0) is 12.0. The van der Waals surface area contributed by atoms with E-state index in [1.54, 1.807) is 6.08 Å². The number of aliphatic carboxylic acids is 1. The Morgan fingerprint density at radius 1 is 1.47 bits per heavy atom. The van der Waals surface area contributed by atoms with Crippen molar-refractivity contribution >= 4 is 17.6 Å². The van der Waals surface area contributed by atoms with E-state index in [0.717, 1.165) is 18.4 Å². The Hall–Kier alpha value is -1.06. The van der Waals surface area contributed by atoms with Crippen LogP contribution in [0, 0.1) is 0 Å². The van der Waals surface area contributed by atoms with Crippen LogP contribution in [0.4, 0.5) is 0 Å². The van der Waals surface area contributed by atoms with Crippen molar-refractivity contribution in [2.24, 2.45) is 0 Å². The molecule has 0 saturated heterocycles. The Labute approximate surface area is 105 Å². The molecule has 0 amide bonds. The van der Waals surface area contributed by atoms with Gasteiger partial charge in [-0.25, -0.2) is 4.79 Å². The van der Waals surface area contributed by atoms with Gasteiger partial charge < -0.3 is 10.4 Å². The number of carboxylic acids is 1. The van der Waals surface area contributed by atoms with Gasteiger partial charge in [-0.2, -0.15) is 0 Å².